The summed E-state index contributed by atoms with van der Waals surface area (Å²) in [5, 5.41) is 3.56. The zero-order chi connectivity index (χ0) is 13.8. The molecule has 1 atom stereocenters. The first-order chi connectivity index (χ1) is 9.87. The maximum atomic E-state index is 3.56. The number of nitrogens with one attached hydrogen (secondary N) is 1. The molecule has 1 nitrogen and oxygen atoms in total. The first kappa shape index (κ1) is 14.1. The van der Waals surface area contributed by atoms with Crippen LogP contribution >= 0.6 is 0 Å². The number of piperidine rings is 1. The molecule has 0 amide bonds. The van der Waals surface area contributed by atoms with Crippen LogP contribution in [0.25, 0.3) is 0 Å². The molecule has 20 heavy (non-hydrogen) atoms. The van der Waals surface area contributed by atoms with Crippen molar-refractivity contribution in [2.45, 2.75) is 63.7 Å². The summed E-state index contributed by atoms with van der Waals surface area (Å²) in [6.07, 6.45) is 11.1. The van der Waals surface area contributed by atoms with E-state index in [0.29, 0.717) is 5.41 Å². The standard InChI is InChI=1S/C19H29N/c1-2-3-4-5-9-17-15-16-8-6-7-10-18(16)19(17)11-13-20-14-12-19/h6-8,10,17,20H,2-5,9,11-15H2,1H3. The lowest BCUT2D eigenvalue weighted by Crippen LogP contribution is -2.43. The van der Waals surface area contributed by atoms with Crippen molar-refractivity contribution in [2.75, 3.05) is 13.1 Å². The molecule has 1 unspecified atom stereocenters. The van der Waals surface area contributed by atoms with Crippen molar-refractivity contribution in [3.63, 3.8) is 0 Å². The van der Waals surface area contributed by atoms with Gasteiger partial charge < -0.3 is 5.32 Å². The summed E-state index contributed by atoms with van der Waals surface area (Å²) in [6, 6.07) is 9.28. The summed E-state index contributed by atoms with van der Waals surface area (Å²) in [5.74, 6) is 0.902. The molecule has 3 rings (SSSR count). The maximum Gasteiger partial charge on any atom is 0.00112 e. The smallest absolute Gasteiger partial charge is 0.00112 e. The SMILES string of the molecule is CCCCCCC1Cc2ccccc2C12CCNCC2. The van der Waals surface area contributed by atoms with Crippen molar-refractivity contribution in [3.8, 4) is 0 Å². The Labute approximate surface area is 124 Å². The van der Waals surface area contributed by atoms with Crippen LogP contribution in [0.1, 0.15) is 63.0 Å². The zero-order valence-corrected chi connectivity index (χ0v) is 13.0. The van der Waals surface area contributed by atoms with Crippen molar-refractivity contribution >= 4 is 0 Å². The van der Waals surface area contributed by atoms with E-state index in [1.165, 1.54) is 64.5 Å². The van der Waals surface area contributed by atoms with Crippen LogP contribution < -0.4 is 5.32 Å². The molecule has 1 fully saturated rings. The lowest BCUT2D eigenvalue weighted by Gasteiger charge is -2.40. The summed E-state index contributed by atoms with van der Waals surface area (Å²) in [4.78, 5) is 0. The van der Waals surface area contributed by atoms with Crippen molar-refractivity contribution in [1.29, 1.82) is 0 Å². The lowest BCUT2D eigenvalue weighted by atomic mass is 9.67. The van der Waals surface area contributed by atoms with Gasteiger partial charge in [0.05, 0.1) is 0 Å². The number of benzene rings is 1. The van der Waals surface area contributed by atoms with Crippen LogP contribution in [0, 0.1) is 5.92 Å². The van der Waals surface area contributed by atoms with Crippen LogP contribution in [-0.2, 0) is 11.8 Å². The van der Waals surface area contributed by atoms with Crippen molar-refractivity contribution in [3.05, 3.63) is 35.4 Å². The molecule has 1 spiro atoms. The van der Waals surface area contributed by atoms with Crippen LogP contribution in [-0.4, -0.2) is 13.1 Å². The van der Waals surface area contributed by atoms with Crippen molar-refractivity contribution in [1.82, 2.24) is 5.32 Å². The van der Waals surface area contributed by atoms with Gasteiger partial charge in [0, 0.05) is 5.41 Å². The Morgan fingerprint density at radius 2 is 1.90 bits per heavy atom. The monoisotopic (exact) mass is 271 g/mol. The first-order valence-corrected chi connectivity index (χ1v) is 8.66. The fourth-order valence-electron chi connectivity index (χ4n) is 4.61. The minimum atomic E-state index is 0.508. The molecular weight excluding hydrogens is 242 g/mol. The van der Waals surface area contributed by atoms with Gasteiger partial charge in [-0.3, -0.25) is 0 Å². The van der Waals surface area contributed by atoms with E-state index >= 15 is 0 Å². The van der Waals surface area contributed by atoms with Crippen LogP contribution in [0.2, 0.25) is 0 Å². The topological polar surface area (TPSA) is 12.0 Å². The maximum absolute atomic E-state index is 3.56. The van der Waals surface area contributed by atoms with E-state index in [1.807, 2.05) is 0 Å². The van der Waals surface area contributed by atoms with Crippen LogP contribution in [0.4, 0.5) is 0 Å². The Bertz CT molecular complexity index is 431. The van der Waals surface area contributed by atoms with E-state index in [9.17, 15) is 0 Å². The quantitative estimate of drug-likeness (QED) is 0.780. The molecule has 1 aliphatic heterocycles. The Balaban J connectivity index is 1.76. The van der Waals surface area contributed by atoms with Crippen LogP contribution in [0.5, 0.6) is 0 Å². The first-order valence-electron chi connectivity index (χ1n) is 8.66. The fourth-order valence-corrected chi connectivity index (χ4v) is 4.61. The summed E-state index contributed by atoms with van der Waals surface area (Å²) in [7, 11) is 0. The third-order valence-corrected chi connectivity index (χ3v) is 5.70. The second kappa shape index (κ2) is 6.30. The molecule has 1 aliphatic carbocycles. The van der Waals surface area contributed by atoms with E-state index in [4.69, 9.17) is 0 Å². The molecule has 110 valence electrons. The molecule has 1 heterocycles. The predicted octanol–water partition coefficient (Wildman–Crippen LogP) is 4.45. The van der Waals surface area contributed by atoms with Gasteiger partial charge in [0.15, 0.2) is 0 Å². The van der Waals surface area contributed by atoms with Crippen molar-refractivity contribution < 1.29 is 0 Å². The lowest BCUT2D eigenvalue weighted by molar-refractivity contribution is 0.206. The Morgan fingerprint density at radius 3 is 2.70 bits per heavy atom. The van der Waals surface area contributed by atoms with E-state index in [0.717, 1.165) is 5.92 Å². The molecule has 2 aliphatic rings. The molecule has 0 aromatic heterocycles. The van der Waals surface area contributed by atoms with Gasteiger partial charge in [0.2, 0.25) is 0 Å². The third kappa shape index (κ3) is 2.53. The van der Waals surface area contributed by atoms with E-state index in [2.05, 4.69) is 36.5 Å². The van der Waals surface area contributed by atoms with Gasteiger partial charge in [0.1, 0.15) is 0 Å². The van der Waals surface area contributed by atoms with E-state index in [-0.39, 0.29) is 0 Å². The summed E-state index contributed by atoms with van der Waals surface area (Å²) < 4.78 is 0. The predicted molar refractivity (Wildman–Crippen MR) is 86.2 cm³/mol. The highest BCUT2D eigenvalue weighted by Gasteiger charge is 2.46. The van der Waals surface area contributed by atoms with Gasteiger partial charge in [-0.2, -0.15) is 0 Å². The molecule has 1 heteroatoms. The number of hydrogen-bond acceptors (Lipinski definition) is 1. The van der Waals surface area contributed by atoms with E-state index < -0.39 is 0 Å². The second-order valence-corrected chi connectivity index (χ2v) is 6.81. The number of rotatable bonds is 5. The largest absolute Gasteiger partial charge is 0.317 e. The minimum absolute atomic E-state index is 0.508. The van der Waals surface area contributed by atoms with Gasteiger partial charge >= 0.3 is 0 Å². The molecule has 1 aromatic carbocycles. The number of fused-ring (bicyclic) bond motifs is 2. The summed E-state index contributed by atoms with van der Waals surface area (Å²) in [6.45, 7) is 4.72. The Kier molecular flexibility index (Phi) is 4.45. The highest BCUT2D eigenvalue weighted by molar-refractivity contribution is 5.41. The van der Waals surface area contributed by atoms with Crippen LogP contribution in [0.3, 0.4) is 0 Å². The molecule has 1 saturated heterocycles. The third-order valence-electron chi connectivity index (χ3n) is 5.70. The fraction of sp³-hybridized carbons (Fsp3) is 0.684. The molecule has 0 bridgehead atoms. The molecular formula is C19H29N. The summed E-state index contributed by atoms with van der Waals surface area (Å²) in [5.41, 5.74) is 3.85. The molecule has 1 N–H and O–H groups in total. The van der Waals surface area contributed by atoms with Gasteiger partial charge in [-0.15, -0.1) is 0 Å². The summed E-state index contributed by atoms with van der Waals surface area (Å²) >= 11 is 0. The van der Waals surface area contributed by atoms with Gasteiger partial charge in [-0.05, 0) is 55.8 Å². The molecule has 0 radical (unpaired) electrons. The normalized spacial score (nSPS) is 23.9. The highest BCUT2D eigenvalue weighted by atomic mass is 14.9. The Hall–Kier alpha value is -0.820. The van der Waals surface area contributed by atoms with Gasteiger partial charge in [-0.25, -0.2) is 0 Å². The van der Waals surface area contributed by atoms with Gasteiger partial charge in [0.25, 0.3) is 0 Å². The van der Waals surface area contributed by atoms with Crippen molar-refractivity contribution in [2.24, 2.45) is 5.92 Å². The van der Waals surface area contributed by atoms with E-state index in [1.54, 1.807) is 11.1 Å². The second-order valence-electron chi connectivity index (χ2n) is 6.81. The average molecular weight is 271 g/mol. The number of unbranched alkanes of at least 4 members (excludes halogenated alkanes) is 3. The Morgan fingerprint density at radius 1 is 1.10 bits per heavy atom. The highest BCUT2D eigenvalue weighted by Crippen LogP contribution is 2.50. The van der Waals surface area contributed by atoms with Crippen LogP contribution in [0.15, 0.2) is 24.3 Å². The molecule has 0 saturated carbocycles. The number of hydrogen-bond donors (Lipinski definition) is 1. The zero-order valence-electron chi connectivity index (χ0n) is 13.0. The molecule has 1 aromatic rings. The van der Waals surface area contributed by atoms with Gasteiger partial charge in [-0.1, -0.05) is 56.9 Å². The average Bonchev–Trinajstić information content (AvgIpc) is 2.79. The minimum Gasteiger partial charge on any atom is -0.317 e.